The monoisotopic (exact) mass is 374 g/mol. The Labute approximate surface area is 131 Å². The second kappa shape index (κ2) is 5.85. The number of hydrogen-bond acceptors (Lipinski definition) is 4. The minimum absolute atomic E-state index is 0.259. The van der Waals surface area contributed by atoms with E-state index >= 15 is 0 Å². The van der Waals surface area contributed by atoms with E-state index in [9.17, 15) is 8.42 Å². The number of anilines is 1. The normalized spacial score (nSPS) is 12.0. The van der Waals surface area contributed by atoms with Gasteiger partial charge in [0.15, 0.2) is 0 Å². The highest BCUT2D eigenvalue weighted by Gasteiger charge is 2.23. The summed E-state index contributed by atoms with van der Waals surface area (Å²) in [4.78, 5) is 0.259. The molecule has 20 heavy (non-hydrogen) atoms. The lowest BCUT2D eigenvalue weighted by Crippen LogP contribution is -2.27. The van der Waals surface area contributed by atoms with Crippen molar-refractivity contribution < 1.29 is 8.42 Å². The maximum atomic E-state index is 12.6. The van der Waals surface area contributed by atoms with Gasteiger partial charge in [0.1, 0.15) is 0 Å². The van der Waals surface area contributed by atoms with Crippen LogP contribution in [0.4, 0.5) is 5.69 Å². The van der Waals surface area contributed by atoms with Crippen LogP contribution >= 0.6 is 27.3 Å². The molecule has 4 nitrogen and oxygen atoms in total. The van der Waals surface area contributed by atoms with E-state index < -0.39 is 10.0 Å². The molecule has 108 valence electrons. The Balaban J connectivity index is 2.32. The number of benzene rings is 1. The van der Waals surface area contributed by atoms with Crippen LogP contribution in [0.25, 0.3) is 0 Å². The van der Waals surface area contributed by atoms with Gasteiger partial charge in [-0.2, -0.15) is 4.31 Å². The van der Waals surface area contributed by atoms with Gasteiger partial charge in [-0.25, -0.2) is 8.42 Å². The third kappa shape index (κ3) is 3.06. The topological polar surface area (TPSA) is 63.4 Å². The van der Waals surface area contributed by atoms with Gasteiger partial charge in [-0.3, -0.25) is 0 Å². The van der Waals surface area contributed by atoms with Gasteiger partial charge in [-0.05, 0) is 57.6 Å². The second-order valence-corrected chi connectivity index (χ2v) is 8.79. The van der Waals surface area contributed by atoms with Crippen molar-refractivity contribution in [3.05, 3.63) is 44.6 Å². The molecule has 1 heterocycles. The molecule has 2 N–H and O–H groups in total. The predicted octanol–water partition coefficient (Wildman–Crippen LogP) is 3.22. The Kier molecular flexibility index (Phi) is 4.53. The van der Waals surface area contributed by atoms with Gasteiger partial charge in [0, 0.05) is 19.3 Å². The number of nitrogens with zero attached hydrogens (tertiary/aromatic N) is 1. The third-order valence-corrected chi connectivity index (χ3v) is 6.54. The van der Waals surface area contributed by atoms with Gasteiger partial charge in [0.25, 0.3) is 0 Å². The molecule has 0 bridgehead atoms. The summed E-state index contributed by atoms with van der Waals surface area (Å²) >= 11 is 4.91. The molecule has 0 saturated carbocycles. The van der Waals surface area contributed by atoms with Crippen molar-refractivity contribution in [2.24, 2.45) is 0 Å². The van der Waals surface area contributed by atoms with Crippen LogP contribution < -0.4 is 5.73 Å². The average Bonchev–Trinajstić information content (AvgIpc) is 2.78. The molecule has 0 fully saturated rings. The van der Waals surface area contributed by atoms with Crippen molar-refractivity contribution in [1.29, 1.82) is 0 Å². The van der Waals surface area contributed by atoms with Crippen LogP contribution in [0.2, 0.25) is 0 Å². The first-order valence-electron chi connectivity index (χ1n) is 5.86. The minimum atomic E-state index is -3.54. The van der Waals surface area contributed by atoms with Crippen molar-refractivity contribution in [2.75, 3.05) is 12.8 Å². The number of hydrogen-bond donors (Lipinski definition) is 1. The first-order chi connectivity index (χ1) is 9.32. The van der Waals surface area contributed by atoms with Crippen LogP contribution in [0.15, 0.2) is 38.3 Å². The Morgan fingerprint density at radius 2 is 2.10 bits per heavy atom. The van der Waals surface area contributed by atoms with Crippen LogP contribution in [-0.2, 0) is 16.6 Å². The van der Waals surface area contributed by atoms with Crippen LogP contribution in [0.1, 0.15) is 11.1 Å². The van der Waals surface area contributed by atoms with E-state index in [1.165, 1.54) is 15.6 Å². The van der Waals surface area contributed by atoms with Crippen LogP contribution in [0, 0.1) is 6.92 Å². The third-order valence-electron chi connectivity index (χ3n) is 3.04. The lowest BCUT2D eigenvalue weighted by molar-refractivity contribution is 0.467. The zero-order valence-electron chi connectivity index (χ0n) is 11.1. The van der Waals surface area contributed by atoms with Crippen LogP contribution in [-0.4, -0.2) is 19.8 Å². The fraction of sp³-hybridized carbons (Fsp3) is 0.231. The summed E-state index contributed by atoms with van der Waals surface area (Å²) in [7, 11) is -1.97. The first kappa shape index (κ1) is 15.5. The van der Waals surface area contributed by atoms with E-state index in [-0.39, 0.29) is 4.90 Å². The van der Waals surface area contributed by atoms with E-state index in [2.05, 4.69) is 15.9 Å². The average molecular weight is 375 g/mol. The number of sulfonamides is 1. The molecule has 1 aromatic carbocycles. The summed E-state index contributed by atoms with van der Waals surface area (Å²) in [5.74, 6) is 0. The lowest BCUT2D eigenvalue weighted by Gasteiger charge is -2.18. The highest BCUT2D eigenvalue weighted by atomic mass is 79.9. The number of nitrogens with two attached hydrogens (primary N) is 1. The Hall–Kier alpha value is -0.890. The fourth-order valence-corrected chi connectivity index (χ4v) is 4.46. The largest absolute Gasteiger partial charge is 0.398 e. The van der Waals surface area contributed by atoms with Gasteiger partial charge in [-0.15, -0.1) is 11.3 Å². The van der Waals surface area contributed by atoms with E-state index in [4.69, 9.17) is 5.73 Å². The quantitative estimate of drug-likeness (QED) is 0.835. The maximum absolute atomic E-state index is 12.6. The molecule has 1 aromatic heterocycles. The molecule has 0 aliphatic rings. The molecule has 7 heteroatoms. The summed E-state index contributed by atoms with van der Waals surface area (Å²) < 4.78 is 27.5. The summed E-state index contributed by atoms with van der Waals surface area (Å²) in [5.41, 5.74) is 7.81. The number of rotatable bonds is 4. The number of nitrogen functional groups attached to an aromatic ring is 1. The molecular weight excluding hydrogens is 360 g/mol. The van der Waals surface area contributed by atoms with Crippen LogP contribution in [0.3, 0.4) is 0 Å². The number of thiophene rings is 1. The highest BCUT2D eigenvalue weighted by Crippen LogP contribution is 2.26. The van der Waals surface area contributed by atoms with E-state index in [0.29, 0.717) is 17.8 Å². The molecular formula is C13H15BrN2O2S2. The van der Waals surface area contributed by atoms with Crippen molar-refractivity contribution in [3.8, 4) is 0 Å². The highest BCUT2D eigenvalue weighted by molar-refractivity contribution is 9.11. The lowest BCUT2D eigenvalue weighted by atomic mass is 10.2. The molecule has 0 unspecified atom stereocenters. The van der Waals surface area contributed by atoms with Crippen molar-refractivity contribution in [2.45, 2.75) is 18.4 Å². The first-order valence-corrected chi connectivity index (χ1v) is 8.98. The standard InChI is InChI=1S/C13H15BrN2O2S2/c1-9-11(15)4-3-5-12(9)20(17,18)16(2)7-10-6-13(14)19-8-10/h3-6,8H,7,15H2,1-2H3. The minimum Gasteiger partial charge on any atom is -0.398 e. The SMILES string of the molecule is Cc1c(N)cccc1S(=O)(=O)N(C)Cc1csc(Br)c1. The van der Waals surface area contributed by atoms with Gasteiger partial charge in [0.2, 0.25) is 10.0 Å². The summed E-state index contributed by atoms with van der Waals surface area (Å²) in [5, 5.41) is 1.93. The van der Waals surface area contributed by atoms with Crippen molar-refractivity contribution >= 4 is 43.0 Å². The molecule has 0 radical (unpaired) electrons. The van der Waals surface area contributed by atoms with Crippen molar-refractivity contribution in [1.82, 2.24) is 4.31 Å². The Morgan fingerprint density at radius 1 is 1.40 bits per heavy atom. The Bertz CT molecular complexity index is 726. The molecule has 2 rings (SSSR count). The molecule has 0 saturated heterocycles. The van der Waals surface area contributed by atoms with Gasteiger partial charge < -0.3 is 5.73 Å². The number of halogens is 1. The van der Waals surface area contributed by atoms with E-state index in [1.807, 2.05) is 11.4 Å². The second-order valence-electron chi connectivity index (χ2n) is 4.49. The van der Waals surface area contributed by atoms with Gasteiger partial charge >= 0.3 is 0 Å². The molecule has 0 atom stereocenters. The summed E-state index contributed by atoms with van der Waals surface area (Å²) in [6.45, 7) is 2.05. The molecule has 0 aliphatic carbocycles. The van der Waals surface area contributed by atoms with E-state index in [1.54, 1.807) is 32.2 Å². The Morgan fingerprint density at radius 3 is 2.70 bits per heavy atom. The van der Waals surface area contributed by atoms with Crippen molar-refractivity contribution in [3.63, 3.8) is 0 Å². The maximum Gasteiger partial charge on any atom is 0.243 e. The predicted molar refractivity (Wildman–Crippen MR) is 86.3 cm³/mol. The molecule has 2 aromatic rings. The summed E-state index contributed by atoms with van der Waals surface area (Å²) in [6, 6.07) is 6.86. The zero-order valence-corrected chi connectivity index (χ0v) is 14.3. The van der Waals surface area contributed by atoms with E-state index in [0.717, 1.165) is 9.35 Å². The van der Waals surface area contributed by atoms with Gasteiger partial charge in [0.05, 0.1) is 8.68 Å². The van der Waals surface area contributed by atoms with Gasteiger partial charge in [-0.1, -0.05) is 6.07 Å². The molecule has 0 amide bonds. The molecule has 0 spiro atoms. The molecule has 0 aliphatic heterocycles. The fourth-order valence-electron chi connectivity index (χ4n) is 1.85. The van der Waals surface area contributed by atoms with Crippen LogP contribution in [0.5, 0.6) is 0 Å². The summed E-state index contributed by atoms with van der Waals surface area (Å²) in [6.07, 6.45) is 0. The zero-order chi connectivity index (χ0) is 14.9. The smallest absolute Gasteiger partial charge is 0.243 e.